The van der Waals surface area contributed by atoms with Crippen LogP contribution in [0, 0.1) is 0 Å². The summed E-state index contributed by atoms with van der Waals surface area (Å²) in [6.07, 6.45) is 7.01. The Bertz CT molecular complexity index is 863. The van der Waals surface area contributed by atoms with Crippen LogP contribution < -0.4 is 10.6 Å². The lowest BCUT2D eigenvalue weighted by molar-refractivity contribution is -0.0197. The van der Waals surface area contributed by atoms with Crippen LogP contribution in [0.4, 0.5) is 11.8 Å². The maximum Gasteiger partial charge on any atom is 0.207 e. The Morgan fingerprint density at radius 3 is 3.04 bits per heavy atom. The van der Waals surface area contributed by atoms with Crippen molar-refractivity contribution in [1.29, 1.82) is 0 Å². The second kappa shape index (κ2) is 7.26. The Kier molecular flexibility index (Phi) is 4.67. The van der Waals surface area contributed by atoms with Crippen molar-refractivity contribution in [2.75, 3.05) is 30.8 Å². The number of rotatable bonds is 7. The molecule has 0 spiro atoms. The predicted molar refractivity (Wildman–Crippen MR) is 95.9 cm³/mol. The molecule has 3 aromatic rings. The highest BCUT2D eigenvalue weighted by Gasteiger charge is 2.30. The van der Waals surface area contributed by atoms with E-state index in [-0.39, 0.29) is 18.9 Å². The number of aliphatic hydroxyl groups excluding tert-OH is 1. The van der Waals surface area contributed by atoms with Gasteiger partial charge in [0.2, 0.25) is 5.95 Å². The third-order valence-corrected chi connectivity index (χ3v) is 4.52. The van der Waals surface area contributed by atoms with Gasteiger partial charge in [-0.25, -0.2) is 19.9 Å². The van der Waals surface area contributed by atoms with E-state index in [1.807, 2.05) is 4.57 Å². The zero-order chi connectivity index (χ0) is 17.9. The minimum atomic E-state index is -0.216. The number of anilines is 2. The molecule has 3 aromatic heterocycles. The van der Waals surface area contributed by atoms with E-state index in [9.17, 15) is 5.11 Å². The summed E-state index contributed by atoms with van der Waals surface area (Å²) in [5, 5.41) is 15.8. The highest BCUT2D eigenvalue weighted by atomic mass is 16.5. The summed E-state index contributed by atoms with van der Waals surface area (Å²) >= 11 is 0. The number of nitrogens with zero attached hydrogens (tertiary/aromatic N) is 5. The van der Waals surface area contributed by atoms with Gasteiger partial charge in [-0.05, 0) is 12.8 Å². The summed E-state index contributed by atoms with van der Waals surface area (Å²) in [6, 6.07) is 0. The molecule has 1 aliphatic heterocycles. The van der Waals surface area contributed by atoms with Gasteiger partial charge in [-0.2, -0.15) is 0 Å². The van der Waals surface area contributed by atoms with E-state index < -0.39 is 0 Å². The molecule has 0 aromatic carbocycles. The molecule has 0 radical (unpaired) electrons. The van der Waals surface area contributed by atoms with Crippen molar-refractivity contribution in [1.82, 2.24) is 29.5 Å². The van der Waals surface area contributed by atoms with Crippen molar-refractivity contribution in [2.24, 2.45) is 0 Å². The Balaban J connectivity index is 1.64. The van der Waals surface area contributed by atoms with Gasteiger partial charge in [0, 0.05) is 31.9 Å². The Morgan fingerprint density at radius 2 is 2.31 bits per heavy atom. The van der Waals surface area contributed by atoms with Crippen LogP contribution in [-0.4, -0.2) is 60.9 Å². The molecular weight excluding hydrogens is 336 g/mol. The summed E-state index contributed by atoms with van der Waals surface area (Å²) in [5.41, 5.74) is 2.44. The number of fused-ring (bicyclic) bond motifs is 1. The molecule has 0 saturated carbocycles. The van der Waals surface area contributed by atoms with Gasteiger partial charge in [0.1, 0.15) is 12.6 Å². The molecule has 2 atom stereocenters. The molecular formula is C16H22N8O2. The SMILES string of the molecule is CNc1ncnc2c1nc(NCCc1cnc[nH]1)n2C1CCC(CO)O1. The first-order valence-corrected chi connectivity index (χ1v) is 8.68. The largest absolute Gasteiger partial charge is 0.394 e. The van der Waals surface area contributed by atoms with Crippen LogP contribution in [0.1, 0.15) is 24.8 Å². The Hall–Kier alpha value is -2.72. The van der Waals surface area contributed by atoms with E-state index in [1.165, 1.54) is 6.33 Å². The number of hydrogen-bond donors (Lipinski definition) is 4. The van der Waals surface area contributed by atoms with E-state index in [0.29, 0.717) is 29.5 Å². The lowest BCUT2D eigenvalue weighted by atomic mass is 10.2. The number of aromatic nitrogens is 6. The van der Waals surface area contributed by atoms with Gasteiger partial charge in [-0.1, -0.05) is 0 Å². The van der Waals surface area contributed by atoms with Crippen molar-refractivity contribution in [3.63, 3.8) is 0 Å². The number of nitrogens with one attached hydrogen (secondary N) is 3. The number of hydrogen-bond acceptors (Lipinski definition) is 8. The van der Waals surface area contributed by atoms with Gasteiger partial charge >= 0.3 is 0 Å². The summed E-state index contributed by atoms with van der Waals surface area (Å²) in [5.74, 6) is 1.35. The number of aromatic amines is 1. The van der Waals surface area contributed by atoms with Crippen LogP contribution in [0.3, 0.4) is 0 Å². The summed E-state index contributed by atoms with van der Waals surface area (Å²) in [7, 11) is 1.81. The molecule has 138 valence electrons. The summed E-state index contributed by atoms with van der Waals surface area (Å²) in [4.78, 5) is 20.5. The maximum absolute atomic E-state index is 9.38. The molecule has 10 heteroatoms. The minimum absolute atomic E-state index is 0.0163. The molecule has 1 saturated heterocycles. The average Bonchev–Trinajstić information content (AvgIpc) is 3.40. The van der Waals surface area contributed by atoms with Crippen molar-refractivity contribution >= 4 is 22.9 Å². The molecule has 0 bridgehead atoms. The van der Waals surface area contributed by atoms with E-state index >= 15 is 0 Å². The van der Waals surface area contributed by atoms with Gasteiger partial charge in [0.25, 0.3) is 0 Å². The molecule has 0 aliphatic carbocycles. The molecule has 2 unspecified atom stereocenters. The third-order valence-electron chi connectivity index (χ3n) is 4.52. The van der Waals surface area contributed by atoms with Crippen LogP contribution in [0.25, 0.3) is 11.2 Å². The van der Waals surface area contributed by atoms with Crippen molar-refractivity contribution in [2.45, 2.75) is 31.6 Å². The maximum atomic E-state index is 9.38. The average molecular weight is 358 g/mol. The lowest BCUT2D eigenvalue weighted by Gasteiger charge is -2.17. The van der Waals surface area contributed by atoms with Crippen LogP contribution in [-0.2, 0) is 11.2 Å². The topological polar surface area (TPSA) is 126 Å². The fourth-order valence-electron chi connectivity index (χ4n) is 3.23. The molecule has 4 rings (SSSR count). The number of imidazole rings is 2. The molecule has 4 heterocycles. The molecule has 1 aliphatic rings. The highest BCUT2D eigenvalue weighted by Crippen LogP contribution is 2.34. The predicted octanol–water partition coefficient (Wildman–Crippen LogP) is 0.916. The minimum Gasteiger partial charge on any atom is -0.394 e. The monoisotopic (exact) mass is 358 g/mol. The molecule has 4 N–H and O–H groups in total. The first kappa shape index (κ1) is 16.7. The number of H-pyrrole nitrogens is 1. The van der Waals surface area contributed by atoms with E-state index in [1.54, 1.807) is 19.6 Å². The van der Waals surface area contributed by atoms with Crippen molar-refractivity contribution in [3.8, 4) is 0 Å². The van der Waals surface area contributed by atoms with E-state index in [2.05, 4.69) is 30.6 Å². The molecule has 1 fully saturated rings. The zero-order valence-corrected chi connectivity index (χ0v) is 14.5. The van der Waals surface area contributed by atoms with Gasteiger partial charge < -0.3 is 25.5 Å². The van der Waals surface area contributed by atoms with E-state index in [4.69, 9.17) is 9.72 Å². The third kappa shape index (κ3) is 3.08. The van der Waals surface area contributed by atoms with E-state index in [0.717, 1.165) is 25.0 Å². The van der Waals surface area contributed by atoms with Crippen LogP contribution in [0.15, 0.2) is 18.9 Å². The Morgan fingerprint density at radius 1 is 1.38 bits per heavy atom. The van der Waals surface area contributed by atoms with Gasteiger partial charge in [-0.3, -0.25) is 4.57 Å². The van der Waals surface area contributed by atoms with Crippen LogP contribution in [0.5, 0.6) is 0 Å². The van der Waals surface area contributed by atoms with Crippen LogP contribution in [0.2, 0.25) is 0 Å². The van der Waals surface area contributed by atoms with Crippen LogP contribution >= 0.6 is 0 Å². The smallest absolute Gasteiger partial charge is 0.207 e. The standard InChI is InChI=1S/C16H22N8O2/c1-17-14-13-15(22-9-21-14)24(12-3-2-11(7-25)26-12)16(23-13)19-5-4-10-6-18-8-20-10/h6,8-9,11-12,25H,2-5,7H2,1H3,(H,18,20)(H,19,23)(H,17,21,22). The fourth-order valence-corrected chi connectivity index (χ4v) is 3.23. The number of aliphatic hydroxyl groups is 1. The quantitative estimate of drug-likeness (QED) is 0.491. The summed E-state index contributed by atoms with van der Waals surface area (Å²) in [6.45, 7) is 0.701. The van der Waals surface area contributed by atoms with Gasteiger partial charge in [0.15, 0.2) is 17.0 Å². The highest BCUT2D eigenvalue weighted by molar-refractivity contribution is 5.85. The Labute approximate surface area is 150 Å². The van der Waals surface area contributed by atoms with Crippen molar-refractivity contribution < 1.29 is 9.84 Å². The van der Waals surface area contributed by atoms with Gasteiger partial charge in [-0.15, -0.1) is 0 Å². The first-order chi connectivity index (χ1) is 12.8. The molecule has 26 heavy (non-hydrogen) atoms. The normalized spacial score (nSPS) is 19.9. The first-order valence-electron chi connectivity index (χ1n) is 8.68. The van der Waals surface area contributed by atoms with Gasteiger partial charge in [0.05, 0.1) is 19.0 Å². The summed E-state index contributed by atoms with van der Waals surface area (Å²) < 4.78 is 7.92. The molecule has 10 nitrogen and oxygen atoms in total. The van der Waals surface area contributed by atoms with Crippen molar-refractivity contribution in [3.05, 3.63) is 24.5 Å². The zero-order valence-electron chi connectivity index (χ0n) is 14.5. The fraction of sp³-hybridized carbons (Fsp3) is 0.500. The lowest BCUT2D eigenvalue weighted by Crippen LogP contribution is -2.17. The second-order valence-corrected chi connectivity index (χ2v) is 6.18. The number of ether oxygens (including phenoxy) is 1. The second-order valence-electron chi connectivity index (χ2n) is 6.18. The molecule has 0 amide bonds.